The third-order valence-corrected chi connectivity index (χ3v) is 3.18. The average molecular weight is 351 g/mol. The first kappa shape index (κ1) is 18.2. The maximum absolute atomic E-state index is 13.8. The van der Waals surface area contributed by atoms with Gasteiger partial charge < -0.3 is 14.2 Å². The van der Waals surface area contributed by atoms with Crippen LogP contribution in [0.15, 0.2) is 18.2 Å². The lowest BCUT2D eigenvalue weighted by atomic mass is 10.0. The van der Waals surface area contributed by atoms with Crippen LogP contribution in [-0.2, 0) is 11.3 Å². The quantitative estimate of drug-likeness (QED) is 0.422. The lowest BCUT2D eigenvalue weighted by Gasteiger charge is -2.09. The molecule has 132 valence electrons. The predicted molar refractivity (Wildman–Crippen MR) is 82.3 cm³/mol. The van der Waals surface area contributed by atoms with Crippen LogP contribution in [0.25, 0.3) is 0 Å². The van der Waals surface area contributed by atoms with Gasteiger partial charge in [0, 0.05) is 7.11 Å². The number of halogens is 1. The normalized spacial score (nSPS) is 10.4. The van der Waals surface area contributed by atoms with Gasteiger partial charge in [-0.2, -0.15) is 9.97 Å². The topological polar surface area (TPSA) is 114 Å². The van der Waals surface area contributed by atoms with Crippen molar-refractivity contribution in [3.05, 3.63) is 51.1 Å². The number of nitrogens with zero attached hydrogens (tertiary/aromatic N) is 3. The van der Waals surface area contributed by atoms with E-state index in [2.05, 4.69) is 9.97 Å². The molecule has 0 aliphatic heterocycles. The number of nitro benzene ring substituents is 1. The summed E-state index contributed by atoms with van der Waals surface area (Å²) in [5.74, 6) is -2.15. The molecule has 0 spiro atoms. The van der Waals surface area contributed by atoms with Gasteiger partial charge in [0.15, 0.2) is 0 Å². The molecule has 0 atom stereocenters. The highest BCUT2D eigenvalue weighted by Gasteiger charge is 2.29. The number of aromatic nitrogens is 2. The van der Waals surface area contributed by atoms with Crippen molar-refractivity contribution in [2.75, 3.05) is 21.3 Å². The van der Waals surface area contributed by atoms with Gasteiger partial charge in [-0.25, -0.2) is 4.39 Å². The Hall–Kier alpha value is -3.14. The number of hydrogen-bond acceptors (Lipinski definition) is 8. The number of methoxy groups -OCH3 is 3. The van der Waals surface area contributed by atoms with Crippen LogP contribution < -0.4 is 9.47 Å². The second-order valence-corrected chi connectivity index (χ2v) is 4.76. The third-order valence-electron chi connectivity index (χ3n) is 3.18. The molecular weight excluding hydrogens is 337 g/mol. The Labute approximate surface area is 141 Å². The van der Waals surface area contributed by atoms with Crippen LogP contribution in [0.2, 0.25) is 0 Å². The molecule has 0 amide bonds. The number of ether oxygens (including phenoxy) is 3. The van der Waals surface area contributed by atoms with Crippen molar-refractivity contribution >= 4 is 11.5 Å². The summed E-state index contributed by atoms with van der Waals surface area (Å²) >= 11 is 0. The summed E-state index contributed by atoms with van der Waals surface area (Å²) in [7, 11) is 3.93. The number of rotatable bonds is 7. The first-order chi connectivity index (χ1) is 11.9. The van der Waals surface area contributed by atoms with E-state index in [4.69, 9.17) is 14.2 Å². The highest BCUT2D eigenvalue weighted by atomic mass is 19.1. The van der Waals surface area contributed by atoms with Crippen LogP contribution in [0.4, 0.5) is 10.1 Å². The zero-order valence-corrected chi connectivity index (χ0v) is 13.6. The predicted octanol–water partition coefficient (Wildman–Crippen LogP) is 1.92. The maximum atomic E-state index is 13.8. The van der Waals surface area contributed by atoms with Crippen molar-refractivity contribution in [2.45, 2.75) is 6.61 Å². The zero-order chi connectivity index (χ0) is 18.6. The number of ketones is 1. The van der Waals surface area contributed by atoms with Crippen molar-refractivity contribution in [3.63, 3.8) is 0 Å². The minimum absolute atomic E-state index is 0.0198. The molecule has 9 nitrogen and oxygen atoms in total. The number of hydrogen-bond donors (Lipinski definition) is 0. The zero-order valence-electron chi connectivity index (χ0n) is 13.6. The van der Waals surface area contributed by atoms with E-state index < -0.39 is 33.6 Å². The molecular formula is C15H14FN3O6. The van der Waals surface area contributed by atoms with E-state index >= 15 is 0 Å². The van der Waals surface area contributed by atoms with E-state index in [-0.39, 0.29) is 23.9 Å². The lowest BCUT2D eigenvalue weighted by molar-refractivity contribution is -0.386. The Bertz CT molecular complexity index is 805. The van der Waals surface area contributed by atoms with Crippen molar-refractivity contribution in [3.8, 4) is 11.8 Å². The summed E-state index contributed by atoms with van der Waals surface area (Å²) in [6.07, 6.45) is 0. The highest BCUT2D eigenvalue weighted by Crippen LogP contribution is 2.28. The highest BCUT2D eigenvalue weighted by molar-refractivity contribution is 6.09. The van der Waals surface area contributed by atoms with Gasteiger partial charge in [-0.3, -0.25) is 14.9 Å². The smallest absolute Gasteiger partial charge is 0.286 e. The largest absolute Gasteiger partial charge is 0.481 e. The van der Waals surface area contributed by atoms with E-state index in [1.807, 2.05) is 0 Å². The van der Waals surface area contributed by atoms with E-state index in [0.29, 0.717) is 0 Å². The van der Waals surface area contributed by atoms with Gasteiger partial charge >= 0.3 is 0 Å². The fourth-order valence-corrected chi connectivity index (χ4v) is 2.14. The second-order valence-electron chi connectivity index (χ2n) is 4.76. The van der Waals surface area contributed by atoms with E-state index in [0.717, 1.165) is 12.1 Å². The Morgan fingerprint density at radius 2 is 1.76 bits per heavy atom. The summed E-state index contributed by atoms with van der Waals surface area (Å²) in [5.41, 5.74) is -1.14. The monoisotopic (exact) mass is 351 g/mol. The van der Waals surface area contributed by atoms with Crippen LogP contribution >= 0.6 is 0 Å². The van der Waals surface area contributed by atoms with Crippen molar-refractivity contribution < 1.29 is 28.3 Å². The minimum atomic E-state index is -0.944. The molecule has 0 N–H and O–H groups in total. The summed E-state index contributed by atoms with van der Waals surface area (Å²) in [6.45, 7) is -0.239. The molecule has 0 radical (unpaired) electrons. The summed E-state index contributed by atoms with van der Waals surface area (Å²) < 4.78 is 28.5. The molecule has 2 aromatic rings. The first-order valence-corrected chi connectivity index (χ1v) is 6.88. The molecule has 1 heterocycles. The molecule has 10 heteroatoms. The fourth-order valence-electron chi connectivity index (χ4n) is 2.14. The standard InChI is InChI=1S/C15H14FN3O6/c1-23-7-8-4-9(16)5-10(13(8)19(21)22)14(20)15-17-11(24-2)6-12(18-15)25-3/h4-6H,7H2,1-3H3. The Morgan fingerprint density at radius 3 is 2.24 bits per heavy atom. The molecule has 1 aromatic heterocycles. The van der Waals surface area contributed by atoms with Gasteiger partial charge in [-0.05, 0) is 12.1 Å². The molecule has 0 bridgehead atoms. The van der Waals surface area contributed by atoms with Gasteiger partial charge in [0.05, 0.1) is 37.4 Å². The van der Waals surface area contributed by atoms with Gasteiger partial charge in [-0.1, -0.05) is 0 Å². The molecule has 25 heavy (non-hydrogen) atoms. The van der Waals surface area contributed by atoms with Gasteiger partial charge in [-0.15, -0.1) is 0 Å². The van der Waals surface area contributed by atoms with Crippen LogP contribution in [-0.4, -0.2) is 42.0 Å². The van der Waals surface area contributed by atoms with E-state index in [1.165, 1.54) is 27.4 Å². The first-order valence-electron chi connectivity index (χ1n) is 6.88. The van der Waals surface area contributed by atoms with Crippen molar-refractivity contribution in [2.24, 2.45) is 0 Å². The molecule has 0 aliphatic carbocycles. The number of carbonyl (C=O) groups is 1. The minimum Gasteiger partial charge on any atom is -0.481 e. The Morgan fingerprint density at radius 1 is 1.16 bits per heavy atom. The van der Waals surface area contributed by atoms with Crippen LogP contribution in [0.1, 0.15) is 21.7 Å². The summed E-state index contributed by atoms with van der Waals surface area (Å²) in [6, 6.07) is 3.02. The molecule has 0 saturated carbocycles. The van der Waals surface area contributed by atoms with Gasteiger partial charge in [0.1, 0.15) is 11.4 Å². The van der Waals surface area contributed by atoms with Crippen LogP contribution in [0.3, 0.4) is 0 Å². The summed E-state index contributed by atoms with van der Waals surface area (Å²) in [5, 5.41) is 11.4. The summed E-state index contributed by atoms with van der Waals surface area (Å²) in [4.78, 5) is 31.0. The van der Waals surface area contributed by atoms with Crippen LogP contribution in [0.5, 0.6) is 11.8 Å². The molecule has 0 aliphatic rings. The molecule has 0 fully saturated rings. The molecule has 1 aromatic carbocycles. The Kier molecular flexibility index (Phi) is 5.55. The van der Waals surface area contributed by atoms with Crippen molar-refractivity contribution in [1.29, 1.82) is 0 Å². The number of benzene rings is 1. The molecule has 0 saturated heterocycles. The van der Waals surface area contributed by atoms with Gasteiger partial charge in [0.25, 0.3) is 5.69 Å². The molecule has 0 unspecified atom stereocenters. The van der Waals surface area contributed by atoms with E-state index in [9.17, 15) is 19.3 Å². The van der Waals surface area contributed by atoms with Gasteiger partial charge in [0.2, 0.25) is 23.4 Å². The fraction of sp³-hybridized carbons (Fsp3) is 0.267. The molecule has 2 rings (SSSR count). The van der Waals surface area contributed by atoms with Crippen LogP contribution in [0, 0.1) is 15.9 Å². The second kappa shape index (κ2) is 7.62. The van der Waals surface area contributed by atoms with Crippen molar-refractivity contribution in [1.82, 2.24) is 9.97 Å². The lowest BCUT2D eigenvalue weighted by Crippen LogP contribution is -2.13. The SMILES string of the molecule is COCc1cc(F)cc(C(=O)c2nc(OC)cc(OC)n2)c1[N+](=O)[O-]. The average Bonchev–Trinajstić information content (AvgIpc) is 2.59. The Balaban J connectivity index is 2.65. The number of nitro groups is 1. The number of carbonyl (C=O) groups excluding carboxylic acids is 1. The van der Waals surface area contributed by atoms with E-state index in [1.54, 1.807) is 0 Å². The third kappa shape index (κ3) is 3.86. The maximum Gasteiger partial charge on any atom is 0.286 e.